The zero-order chi connectivity index (χ0) is 14.6. The largest absolute Gasteiger partial charge is 0.472 e. The number of hydrogen-bond donors (Lipinski definition) is 2. The van der Waals surface area contributed by atoms with Crippen LogP contribution in [0.1, 0.15) is 23.6 Å². The minimum atomic E-state index is -3.60. The van der Waals surface area contributed by atoms with Crippen molar-refractivity contribution in [2.45, 2.75) is 31.4 Å². The summed E-state index contributed by atoms with van der Waals surface area (Å²) in [4.78, 5) is 0.155. The van der Waals surface area contributed by atoms with Crippen molar-refractivity contribution in [1.82, 2.24) is 4.72 Å². The topological polar surface area (TPSA) is 79.5 Å². The molecule has 0 saturated carbocycles. The summed E-state index contributed by atoms with van der Waals surface area (Å²) in [6.07, 6.45) is 3.73. The molecular weight excluding hydrogens is 278 g/mol. The van der Waals surface area contributed by atoms with Crippen LogP contribution in [-0.4, -0.2) is 13.5 Å². The number of aryl methyl sites for hydroxylation is 1. The SMILES string of the molecule is CCc1ccc(S(=O)(=O)NCc2ccoc2)cc1CO. The summed E-state index contributed by atoms with van der Waals surface area (Å²) in [5, 5.41) is 9.29. The molecule has 108 valence electrons. The molecule has 0 radical (unpaired) electrons. The van der Waals surface area contributed by atoms with Gasteiger partial charge in [-0.2, -0.15) is 0 Å². The molecule has 2 aromatic rings. The highest BCUT2D eigenvalue weighted by Gasteiger charge is 2.15. The van der Waals surface area contributed by atoms with E-state index in [1.807, 2.05) is 6.92 Å². The maximum absolute atomic E-state index is 12.2. The van der Waals surface area contributed by atoms with E-state index in [1.165, 1.54) is 18.6 Å². The maximum Gasteiger partial charge on any atom is 0.240 e. The second-order valence-corrected chi connectivity index (χ2v) is 6.17. The zero-order valence-electron chi connectivity index (χ0n) is 11.2. The van der Waals surface area contributed by atoms with Crippen molar-refractivity contribution in [3.63, 3.8) is 0 Å². The summed E-state index contributed by atoms with van der Waals surface area (Å²) >= 11 is 0. The van der Waals surface area contributed by atoms with Gasteiger partial charge in [-0.05, 0) is 35.7 Å². The number of sulfonamides is 1. The Kier molecular flexibility index (Phi) is 4.59. The summed E-state index contributed by atoms with van der Waals surface area (Å²) in [6, 6.07) is 6.49. The van der Waals surface area contributed by atoms with Gasteiger partial charge >= 0.3 is 0 Å². The molecule has 0 bridgehead atoms. The Balaban J connectivity index is 2.20. The quantitative estimate of drug-likeness (QED) is 0.852. The molecule has 5 nitrogen and oxygen atoms in total. The number of benzene rings is 1. The van der Waals surface area contributed by atoms with Crippen molar-refractivity contribution >= 4 is 10.0 Å². The number of aliphatic hydroxyl groups is 1. The lowest BCUT2D eigenvalue weighted by molar-refractivity contribution is 0.280. The fourth-order valence-corrected chi connectivity index (χ4v) is 2.98. The van der Waals surface area contributed by atoms with Gasteiger partial charge in [0.2, 0.25) is 10.0 Å². The lowest BCUT2D eigenvalue weighted by Gasteiger charge is -2.10. The van der Waals surface area contributed by atoms with E-state index in [2.05, 4.69) is 4.72 Å². The van der Waals surface area contributed by atoms with Gasteiger partial charge in [0, 0.05) is 12.1 Å². The van der Waals surface area contributed by atoms with Gasteiger partial charge in [0.1, 0.15) is 0 Å². The van der Waals surface area contributed by atoms with Crippen LogP contribution >= 0.6 is 0 Å². The predicted molar refractivity (Wildman–Crippen MR) is 74.5 cm³/mol. The number of rotatable bonds is 6. The zero-order valence-corrected chi connectivity index (χ0v) is 12.0. The molecule has 0 aliphatic rings. The highest BCUT2D eigenvalue weighted by atomic mass is 32.2. The van der Waals surface area contributed by atoms with Gasteiger partial charge in [0.15, 0.2) is 0 Å². The molecule has 1 heterocycles. The van der Waals surface area contributed by atoms with E-state index in [9.17, 15) is 13.5 Å². The predicted octanol–water partition coefficient (Wildman–Crippen LogP) is 1.81. The molecule has 2 N–H and O–H groups in total. The summed E-state index contributed by atoms with van der Waals surface area (Å²) in [7, 11) is -3.60. The Labute approximate surface area is 118 Å². The van der Waals surface area contributed by atoms with Crippen LogP contribution in [0.15, 0.2) is 46.1 Å². The van der Waals surface area contributed by atoms with E-state index in [4.69, 9.17) is 4.42 Å². The first-order valence-electron chi connectivity index (χ1n) is 6.30. The van der Waals surface area contributed by atoms with E-state index < -0.39 is 10.0 Å². The van der Waals surface area contributed by atoms with Crippen LogP contribution in [0.25, 0.3) is 0 Å². The molecule has 20 heavy (non-hydrogen) atoms. The normalized spacial score (nSPS) is 11.7. The maximum atomic E-state index is 12.2. The second kappa shape index (κ2) is 6.21. The van der Waals surface area contributed by atoms with Crippen LogP contribution < -0.4 is 4.72 Å². The van der Waals surface area contributed by atoms with Crippen LogP contribution in [0.4, 0.5) is 0 Å². The van der Waals surface area contributed by atoms with Crippen molar-refractivity contribution in [3.05, 3.63) is 53.5 Å². The lowest BCUT2D eigenvalue weighted by atomic mass is 10.1. The van der Waals surface area contributed by atoms with E-state index in [0.29, 0.717) is 5.56 Å². The van der Waals surface area contributed by atoms with Crippen LogP contribution in [0, 0.1) is 0 Å². The summed E-state index contributed by atoms with van der Waals surface area (Å²) < 4.78 is 31.7. The van der Waals surface area contributed by atoms with Gasteiger partial charge in [-0.3, -0.25) is 0 Å². The summed E-state index contributed by atoms with van der Waals surface area (Å²) in [5.41, 5.74) is 2.33. The van der Waals surface area contributed by atoms with Crippen molar-refractivity contribution in [1.29, 1.82) is 0 Å². The minimum absolute atomic E-state index is 0.155. The Hall–Kier alpha value is -1.63. The molecular formula is C14H17NO4S. The molecule has 0 atom stereocenters. The van der Waals surface area contributed by atoms with Gasteiger partial charge < -0.3 is 9.52 Å². The van der Waals surface area contributed by atoms with Crippen molar-refractivity contribution in [2.24, 2.45) is 0 Å². The van der Waals surface area contributed by atoms with E-state index in [0.717, 1.165) is 17.5 Å². The minimum Gasteiger partial charge on any atom is -0.472 e. The van der Waals surface area contributed by atoms with Gasteiger partial charge in [-0.25, -0.2) is 13.1 Å². The Morgan fingerprint density at radius 1 is 1.25 bits per heavy atom. The number of furan rings is 1. The van der Waals surface area contributed by atoms with Gasteiger partial charge in [0.25, 0.3) is 0 Å². The van der Waals surface area contributed by atoms with Crippen LogP contribution in [0.3, 0.4) is 0 Å². The molecule has 0 saturated heterocycles. The molecule has 0 aliphatic carbocycles. The Bertz CT molecular complexity index is 662. The fraction of sp³-hybridized carbons (Fsp3) is 0.286. The lowest BCUT2D eigenvalue weighted by Crippen LogP contribution is -2.23. The van der Waals surface area contributed by atoms with Crippen LogP contribution in [-0.2, 0) is 29.6 Å². The van der Waals surface area contributed by atoms with E-state index >= 15 is 0 Å². The molecule has 0 unspecified atom stereocenters. The third-order valence-electron chi connectivity index (χ3n) is 3.09. The Morgan fingerprint density at radius 2 is 2.05 bits per heavy atom. The van der Waals surface area contributed by atoms with Gasteiger partial charge in [-0.1, -0.05) is 13.0 Å². The first-order valence-corrected chi connectivity index (χ1v) is 7.78. The molecule has 0 amide bonds. The van der Waals surface area contributed by atoms with Crippen molar-refractivity contribution < 1.29 is 17.9 Å². The third kappa shape index (κ3) is 3.27. The molecule has 1 aromatic heterocycles. The Morgan fingerprint density at radius 3 is 2.65 bits per heavy atom. The molecule has 0 fully saturated rings. The molecule has 1 aromatic carbocycles. The van der Waals surface area contributed by atoms with Crippen LogP contribution in [0.5, 0.6) is 0 Å². The number of nitrogens with one attached hydrogen (secondary N) is 1. The fourth-order valence-electron chi connectivity index (χ4n) is 1.92. The first-order chi connectivity index (χ1) is 9.56. The van der Waals surface area contributed by atoms with Gasteiger partial charge in [-0.15, -0.1) is 0 Å². The smallest absolute Gasteiger partial charge is 0.240 e. The van der Waals surface area contributed by atoms with E-state index in [1.54, 1.807) is 18.2 Å². The standard InChI is InChI=1S/C14H17NO4S/c1-2-12-3-4-14(7-13(12)9-16)20(17,18)15-8-11-5-6-19-10-11/h3-7,10,15-16H,2,8-9H2,1H3. The highest BCUT2D eigenvalue weighted by molar-refractivity contribution is 7.89. The van der Waals surface area contributed by atoms with Gasteiger partial charge in [0.05, 0.1) is 24.0 Å². The molecule has 0 aliphatic heterocycles. The highest BCUT2D eigenvalue weighted by Crippen LogP contribution is 2.17. The monoisotopic (exact) mass is 295 g/mol. The van der Waals surface area contributed by atoms with E-state index in [-0.39, 0.29) is 18.0 Å². The average Bonchev–Trinajstić information content (AvgIpc) is 2.97. The number of aliphatic hydroxyl groups excluding tert-OH is 1. The molecule has 6 heteroatoms. The summed E-state index contributed by atoms with van der Waals surface area (Å²) in [6.45, 7) is 1.96. The van der Waals surface area contributed by atoms with Crippen LogP contribution in [0.2, 0.25) is 0 Å². The molecule has 2 rings (SSSR count). The van der Waals surface area contributed by atoms with Crippen molar-refractivity contribution in [2.75, 3.05) is 0 Å². The average molecular weight is 295 g/mol. The molecule has 0 spiro atoms. The number of hydrogen-bond acceptors (Lipinski definition) is 4. The second-order valence-electron chi connectivity index (χ2n) is 4.40. The third-order valence-corrected chi connectivity index (χ3v) is 4.48. The summed E-state index contributed by atoms with van der Waals surface area (Å²) in [5.74, 6) is 0. The van der Waals surface area contributed by atoms with Crippen molar-refractivity contribution in [3.8, 4) is 0 Å². The first kappa shape index (κ1) is 14.8.